The molecule has 1 aromatic heterocycles. The Labute approximate surface area is 171 Å². The molecule has 9 nitrogen and oxygen atoms in total. The van der Waals surface area contributed by atoms with Crippen molar-refractivity contribution in [3.8, 4) is 5.75 Å². The summed E-state index contributed by atoms with van der Waals surface area (Å²) in [7, 11) is 3.58. The average Bonchev–Trinajstić information content (AvgIpc) is 3.54. The molecule has 3 N–H and O–H groups in total. The van der Waals surface area contributed by atoms with E-state index in [4.69, 9.17) is 4.74 Å². The summed E-state index contributed by atoms with van der Waals surface area (Å²) in [6.07, 6.45) is 2.01. The quantitative estimate of drug-likeness (QED) is 0.329. The van der Waals surface area contributed by atoms with Crippen LogP contribution in [0.15, 0.2) is 29.3 Å². The van der Waals surface area contributed by atoms with Crippen LogP contribution >= 0.6 is 0 Å². The van der Waals surface area contributed by atoms with E-state index in [2.05, 4.69) is 31.1 Å². The molecule has 0 saturated heterocycles. The van der Waals surface area contributed by atoms with Crippen molar-refractivity contribution in [3.05, 3.63) is 41.5 Å². The normalized spacial score (nSPS) is 13.8. The molecule has 2 aromatic rings. The van der Waals surface area contributed by atoms with Gasteiger partial charge in [0.25, 0.3) is 0 Å². The van der Waals surface area contributed by atoms with Gasteiger partial charge in [-0.05, 0) is 37.5 Å². The largest absolute Gasteiger partial charge is 0.497 e. The van der Waals surface area contributed by atoms with Crippen LogP contribution in [-0.2, 0) is 24.9 Å². The van der Waals surface area contributed by atoms with Crippen molar-refractivity contribution >= 4 is 11.9 Å². The lowest BCUT2D eigenvalue weighted by Crippen LogP contribution is -2.41. The van der Waals surface area contributed by atoms with Crippen LogP contribution in [0.1, 0.15) is 30.1 Å². The van der Waals surface area contributed by atoms with Gasteiger partial charge < -0.3 is 25.3 Å². The third-order valence-corrected chi connectivity index (χ3v) is 4.84. The summed E-state index contributed by atoms with van der Waals surface area (Å²) in [6, 6.07) is 7.81. The molecule has 1 aliphatic carbocycles. The maximum atomic E-state index is 11.8. The average molecular weight is 399 g/mol. The van der Waals surface area contributed by atoms with Crippen molar-refractivity contribution in [2.75, 3.05) is 20.2 Å². The number of rotatable bonds is 9. The van der Waals surface area contributed by atoms with Gasteiger partial charge in [0, 0.05) is 26.1 Å². The molecule has 156 valence electrons. The zero-order valence-electron chi connectivity index (χ0n) is 17.2. The van der Waals surface area contributed by atoms with Gasteiger partial charge in [0.15, 0.2) is 11.8 Å². The smallest absolute Gasteiger partial charge is 0.223 e. The second kappa shape index (κ2) is 9.90. The molecule has 1 saturated carbocycles. The zero-order valence-corrected chi connectivity index (χ0v) is 17.2. The lowest BCUT2D eigenvalue weighted by molar-refractivity contribution is -0.122. The van der Waals surface area contributed by atoms with E-state index in [0.717, 1.165) is 35.8 Å². The lowest BCUT2D eigenvalue weighted by Gasteiger charge is -2.13. The summed E-state index contributed by atoms with van der Waals surface area (Å²) in [5.74, 6) is 3.51. The van der Waals surface area contributed by atoms with E-state index in [1.54, 1.807) is 7.11 Å². The van der Waals surface area contributed by atoms with Crippen molar-refractivity contribution < 1.29 is 9.53 Å². The fraction of sp³-hybridized carbons (Fsp3) is 0.500. The molecular weight excluding hydrogens is 370 g/mol. The summed E-state index contributed by atoms with van der Waals surface area (Å²) in [5.41, 5.74) is 1.07. The Bertz CT molecular complexity index is 841. The van der Waals surface area contributed by atoms with Crippen LogP contribution in [0.4, 0.5) is 0 Å². The number of benzene rings is 1. The van der Waals surface area contributed by atoms with Gasteiger partial charge in [-0.15, -0.1) is 10.2 Å². The summed E-state index contributed by atoms with van der Waals surface area (Å²) < 4.78 is 7.13. The van der Waals surface area contributed by atoms with Gasteiger partial charge in [-0.25, -0.2) is 4.99 Å². The highest BCUT2D eigenvalue weighted by molar-refractivity contribution is 5.81. The molecule has 0 bridgehead atoms. The third kappa shape index (κ3) is 6.20. The van der Waals surface area contributed by atoms with Crippen molar-refractivity contribution in [1.29, 1.82) is 0 Å². The van der Waals surface area contributed by atoms with Gasteiger partial charge in [0.05, 0.1) is 20.2 Å². The first kappa shape index (κ1) is 20.6. The number of carbonyl (C=O) groups excluding carboxylic acids is 1. The van der Waals surface area contributed by atoms with Crippen molar-refractivity contribution in [2.24, 2.45) is 18.0 Å². The highest BCUT2D eigenvalue weighted by Gasteiger charge is 2.28. The minimum atomic E-state index is 0.144. The van der Waals surface area contributed by atoms with Crippen LogP contribution in [0.2, 0.25) is 0 Å². The number of ether oxygens (including phenoxy) is 1. The van der Waals surface area contributed by atoms with E-state index in [0.29, 0.717) is 32.1 Å². The molecule has 0 unspecified atom stereocenters. The Morgan fingerprint density at radius 3 is 2.52 bits per heavy atom. The molecule has 3 rings (SSSR count). The number of amides is 1. The highest BCUT2D eigenvalue weighted by Crippen LogP contribution is 2.28. The minimum Gasteiger partial charge on any atom is -0.497 e. The Balaban J connectivity index is 1.55. The molecule has 0 atom stereocenters. The monoisotopic (exact) mass is 399 g/mol. The predicted octanol–water partition coefficient (Wildman–Crippen LogP) is 0.894. The number of aromatic nitrogens is 3. The molecule has 0 radical (unpaired) electrons. The number of aryl methyl sites for hydroxylation is 1. The van der Waals surface area contributed by atoms with E-state index < -0.39 is 0 Å². The third-order valence-electron chi connectivity index (χ3n) is 4.84. The van der Waals surface area contributed by atoms with Crippen molar-refractivity contribution in [3.63, 3.8) is 0 Å². The van der Waals surface area contributed by atoms with Gasteiger partial charge in [-0.3, -0.25) is 4.79 Å². The Kier molecular flexibility index (Phi) is 7.04. The van der Waals surface area contributed by atoms with Crippen LogP contribution in [0.3, 0.4) is 0 Å². The second-order valence-corrected chi connectivity index (χ2v) is 7.08. The maximum Gasteiger partial charge on any atom is 0.223 e. The summed E-state index contributed by atoms with van der Waals surface area (Å²) in [5, 5.41) is 17.7. The SMILES string of the molecule is COc1ccc(CN=C(NCCNC(=O)C2CC2)NCc2nnc(C)n2C)cc1. The van der Waals surface area contributed by atoms with E-state index in [-0.39, 0.29) is 11.8 Å². The van der Waals surface area contributed by atoms with E-state index >= 15 is 0 Å². The Morgan fingerprint density at radius 2 is 1.90 bits per heavy atom. The lowest BCUT2D eigenvalue weighted by atomic mass is 10.2. The molecule has 1 aromatic carbocycles. The van der Waals surface area contributed by atoms with E-state index in [1.165, 1.54) is 0 Å². The van der Waals surface area contributed by atoms with Crippen LogP contribution in [0.25, 0.3) is 0 Å². The number of hydrogen-bond acceptors (Lipinski definition) is 5. The summed E-state index contributed by atoms with van der Waals surface area (Å²) >= 11 is 0. The topological polar surface area (TPSA) is 105 Å². The molecule has 1 aliphatic rings. The van der Waals surface area contributed by atoms with E-state index in [9.17, 15) is 4.79 Å². The van der Waals surface area contributed by atoms with Crippen molar-refractivity contribution in [2.45, 2.75) is 32.9 Å². The predicted molar refractivity (Wildman–Crippen MR) is 110 cm³/mol. The van der Waals surface area contributed by atoms with Gasteiger partial charge in [0.1, 0.15) is 11.6 Å². The van der Waals surface area contributed by atoms with Gasteiger partial charge in [0.2, 0.25) is 5.91 Å². The molecule has 0 spiro atoms. The molecule has 1 heterocycles. The number of nitrogens with one attached hydrogen (secondary N) is 3. The Morgan fingerprint density at radius 1 is 1.17 bits per heavy atom. The fourth-order valence-electron chi connectivity index (χ4n) is 2.70. The van der Waals surface area contributed by atoms with Crippen LogP contribution in [0, 0.1) is 12.8 Å². The number of methoxy groups -OCH3 is 1. The summed E-state index contributed by atoms with van der Waals surface area (Å²) in [4.78, 5) is 16.4. The van der Waals surface area contributed by atoms with Crippen molar-refractivity contribution in [1.82, 2.24) is 30.7 Å². The summed E-state index contributed by atoms with van der Waals surface area (Å²) in [6.45, 7) is 4.08. The zero-order chi connectivity index (χ0) is 20.6. The minimum absolute atomic E-state index is 0.144. The Hall–Kier alpha value is -3.10. The number of carbonyl (C=O) groups is 1. The number of guanidine groups is 1. The maximum absolute atomic E-state index is 11.8. The van der Waals surface area contributed by atoms with Gasteiger partial charge in [-0.1, -0.05) is 12.1 Å². The number of aliphatic imine (C=N–C) groups is 1. The molecule has 29 heavy (non-hydrogen) atoms. The van der Waals surface area contributed by atoms with Crippen LogP contribution in [-0.4, -0.2) is 46.8 Å². The standard InChI is InChI=1S/C20H29N7O2/c1-14-25-26-18(27(14)2)13-24-20(22-11-10-21-19(28)16-6-7-16)23-12-15-4-8-17(29-3)9-5-15/h4-5,8-9,16H,6-7,10-13H2,1-3H3,(H,21,28)(H2,22,23,24). The van der Waals surface area contributed by atoms with Crippen LogP contribution < -0.4 is 20.7 Å². The molecule has 1 amide bonds. The first-order chi connectivity index (χ1) is 14.1. The highest BCUT2D eigenvalue weighted by atomic mass is 16.5. The molecular formula is C20H29N7O2. The van der Waals surface area contributed by atoms with E-state index in [1.807, 2.05) is 42.8 Å². The first-order valence-corrected chi connectivity index (χ1v) is 9.84. The van der Waals surface area contributed by atoms with Gasteiger partial charge in [-0.2, -0.15) is 0 Å². The molecule has 0 aliphatic heterocycles. The fourth-order valence-corrected chi connectivity index (χ4v) is 2.70. The molecule has 1 fully saturated rings. The molecule has 9 heteroatoms. The van der Waals surface area contributed by atoms with Gasteiger partial charge >= 0.3 is 0 Å². The number of nitrogens with zero attached hydrogens (tertiary/aromatic N) is 4. The van der Waals surface area contributed by atoms with Crippen LogP contribution in [0.5, 0.6) is 5.75 Å². The number of hydrogen-bond donors (Lipinski definition) is 3. The first-order valence-electron chi connectivity index (χ1n) is 9.84. The second-order valence-electron chi connectivity index (χ2n) is 7.08.